The fourth-order valence-corrected chi connectivity index (χ4v) is 12.0. The molecule has 3 amide bonds. The summed E-state index contributed by atoms with van der Waals surface area (Å²) in [6, 6.07) is 13.0. The maximum Gasteiger partial charge on any atom is 0.330 e. The highest BCUT2D eigenvalue weighted by molar-refractivity contribution is 6.00. The van der Waals surface area contributed by atoms with Gasteiger partial charge < -0.3 is 19.7 Å². The monoisotopic (exact) mass is 995 g/mol. The average Bonchev–Trinajstić information content (AvgIpc) is 4.11. The molecular weight excluding hydrogens is 933 g/mol. The van der Waals surface area contributed by atoms with Crippen LogP contribution in [0.4, 0.5) is 14.5 Å². The number of piperidine rings is 2. The minimum absolute atomic E-state index is 0.0201. The number of nitrogens with one attached hydrogen (secondary N) is 2. The molecule has 2 aromatic carbocycles. The van der Waals surface area contributed by atoms with E-state index < -0.39 is 17.8 Å². The third-order valence-corrected chi connectivity index (χ3v) is 16.3. The number of pyridine rings is 2. The zero-order valence-corrected chi connectivity index (χ0v) is 42.0. The van der Waals surface area contributed by atoms with E-state index in [0.717, 1.165) is 104 Å². The Bertz CT molecular complexity index is 3310. The lowest BCUT2D eigenvalue weighted by Gasteiger charge is -2.39. The summed E-state index contributed by atoms with van der Waals surface area (Å²) in [6.45, 7) is 11.1. The minimum Gasteiger partial charge on any atom is -0.388 e. The first-order chi connectivity index (χ1) is 35.2. The van der Waals surface area contributed by atoms with Gasteiger partial charge in [-0.15, -0.1) is 0 Å². The molecule has 1 aliphatic carbocycles. The Morgan fingerprint density at radius 1 is 0.849 bits per heavy atom. The Balaban J connectivity index is 0.675. The highest BCUT2D eigenvalue weighted by atomic mass is 19.1. The maximum absolute atomic E-state index is 16.1. The molecule has 6 aromatic rings. The number of hydrogen-bond donors (Lipinski definition) is 2. The summed E-state index contributed by atoms with van der Waals surface area (Å²) in [6.07, 6.45) is 10.0. The molecule has 18 heteroatoms. The molecule has 0 unspecified atom stereocenters. The first-order valence-corrected chi connectivity index (χ1v) is 25.9. The van der Waals surface area contributed by atoms with Crippen molar-refractivity contribution in [2.24, 2.45) is 13.0 Å². The number of amides is 3. The normalized spacial score (nSPS) is 20.2. The van der Waals surface area contributed by atoms with Gasteiger partial charge in [-0.3, -0.25) is 48.0 Å². The van der Waals surface area contributed by atoms with Crippen molar-refractivity contribution >= 4 is 51.0 Å². The van der Waals surface area contributed by atoms with Gasteiger partial charge in [-0.05, 0) is 106 Å². The highest BCUT2D eigenvalue weighted by Gasteiger charge is 2.36. The number of aromatic nitrogens is 5. The largest absolute Gasteiger partial charge is 0.388 e. The smallest absolute Gasteiger partial charge is 0.330 e. The van der Waals surface area contributed by atoms with Gasteiger partial charge in [0.1, 0.15) is 23.3 Å². The van der Waals surface area contributed by atoms with E-state index in [4.69, 9.17) is 0 Å². The Hall–Kier alpha value is -6.76. The Morgan fingerprint density at radius 3 is 2.29 bits per heavy atom. The lowest BCUT2D eigenvalue weighted by Crippen LogP contribution is -2.48. The van der Waals surface area contributed by atoms with Gasteiger partial charge in [0.25, 0.3) is 11.5 Å². The number of halogens is 2. The van der Waals surface area contributed by atoms with Crippen LogP contribution in [-0.4, -0.2) is 127 Å². The topological polar surface area (TPSA) is 155 Å². The predicted molar refractivity (Wildman–Crippen MR) is 276 cm³/mol. The minimum atomic E-state index is -0.858. The molecule has 16 nitrogen and oxygen atoms in total. The first-order valence-electron chi connectivity index (χ1n) is 25.9. The van der Waals surface area contributed by atoms with Crippen molar-refractivity contribution in [3.63, 3.8) is 0 Å². The number of carbonyl (C=O) groups is 3. The van der Waals surface area contributed by atoms with E-state index >= 15 is 8.78 Å². The maximum atomic E-state index is 16.1. The number of piperazine rings is 1. The summed E-state index contributed by atoms with van der Waals surface area (Å²) < 4.78 is 38.8. The van der Waals surface area contributed by atoms with Crippen LogP contribution in [0.15, 0.2) is 76.6 Å². The number of imide groups is 1. The average molecular weight is 996 g/mol. The van der Waals surface area contributed by atoms with Crippen LogP contribution in [0, 0.1) is 24.5 Å². The van der Waals surface area contributed by atoms with Crippen LogP contribution in [-0.2, 0) is 23.2 Å². The van der Waals surface area contributed by atoms with Crippen molar-refractivity contribution in [1.82, 2.24) is 48.2 Å². The van der Waals surface area contributed by atoms with Gasteiger partial charge in [0.05, 0.1) is 16.7 Å². The van der Waals surface area contributed by atoms with Crippen LogP contribution in [0.25, 0.3) is 33.3 Å². The van der Waals surface area contributed by atoms with E-state index in [1.807, 2.05) is 37.1 Å². The SMILES string of the molecule is CNc1ccn(-c2ccnc3c2cc([C@H](C)N2CC=C(c4c(C)cc(C(=O)N5CCC(CN6CCN(Cc7cc8c(cc7F)n([C@H]7CCC(=O)NC7=O)c(=O)n8C7CC7)CC6)CC5)cc4F)CC2)n3C)c(=O)c1. The predicted octanol–water partition coefficient (Wildman–Crippen LogP) is 6.30. The van der Waals surface area contributed by atoms with Crippen LogP contribution in [0.5, 0.6) is 0 Å². The molecule has 8 heterocycles. The van der Waals surface area contributed by atoms with E-state index in [2.05, 4.69) is 54.0 Å². The summed E-state index contributed by atoms with van der Waals surface area (Å²) in [7, 11) is 3.78. The number of anilines is 1. The zero-order chi connectivity index (χ0) is 50.8. The summed E-state index contributed by atoms with van der Waals surface area (Å²) in [5.41, 5.74) is 7.08. The number of carbonyl (C=O) groups excluding carboxylic acids is 3. The number of rotatable bonds is 12. The van der Waals surface area contributed by atoms with Crippen molar-refractivity contribution in [3.05, 3.63) is 127 Å². The molecule has 4 aliphatic heterocycles. The summed E-state index contributed by atoms with van der Waals surface area (Å²) in [5, 5.41) is 6.24. The molecule has 382 valence electrons. The lowest BCUT2D eigenvalue weighted by atomic mass is 9.92. The number of benzene rings is 2. The molecule has 11 rings (SSSR count). The Kier molecular flexibility index (Phi) is 13.0. The van der Waals surface area contributed by atoms with E-state index in [1.54, 1.807) is 40.7 Å². The number of aryl methyl sites for hydroxylation is 2. The van der Waals surface area contributed by atoms with E-state index in [-0.39, 0.29) is 53.8 Å². The standard InChI is InChI=1S/C55H63F2N11O5/c1-33-25-37(26-43(57)51(33)36-12-18-64(19-13-36)34(2)46-29-41-44(9-15-59-52(41)61(46)4)66-20-14-39(58-3)28-50(66)70)54(72)65-16-10-35(11-17-65)31-62-21-23-63(24-22-62)32-38-27-47-48(30-42(38)56)68(55(73)67(47)40-5-6-40)45-7-8-49(69)60-53(45)71/h9,12,14-15,20,25-30,34-35,40,45,58H,5-8,10-11,13,16-19,21-24,31-32H2,1-4H3,(H,60,69,71)/t34-,45-/m0/s1. The molecular formula is C55H63F2N11O5. The van der Waals surface area contributed by atoms with E-state index in [9.17, 15) is 24.0 Å². The molecule has 3 saturated heterocycles. The Morgan fingerprint density at radius 2 is 1.60 bits per heavy atom. The summed E-state index contributed by atoms with van der Waals surface area (Å²) >= 11 is 0. The van der Waals surface area contributed by atoms with Crippen molar-refractivity contribution in [2.45, 2.75) is 83.5 Å². The third kappa shape index (κ3) is 9.22. The zero-order valence-electron chi connectivity index (χ0n) is 42.0. The lowest BCUT2D eigenvalue weighted by molar-refractivity contribution is -0.135. The first kappa shape index (κ1) is 48.5. The fraction of sp³-hybridized carbons (Fsp3) is 0.455. The second-order valence-corrected chi connectivity index (χ2v) is 20.8. The Labute approximate surface area is 421 Å². The van der Waals surface area contributed by atoms with Crippen LogP contribution in [0.3, 0.4) is 0 Å². The molecule has 73 heavy (non-hydrogen) atoms. The second-order valence-electron chi connectivity index (χ2n) is 20.8. The van der Waals surface area contributed by atoms with Gasteiger partial charge in [0.15, 0.2) is 0 Å². The second kappa shape index (κ2) is 19.6. The van der Waals surface area contributed by atoms with Gasteiger partial charge in [-0.1, -0.05) is 6.08 Å². The van der Waals surface area contributed by atoms with Crippen molar-refractivity contribution < 1.29 is 23.2 Å². The van der Waals surface area contributed by atoms with Crippen LogP contribution in [0.2, 0.25) is 0 Å². The molecule has 4 aromatic heterocycles. The number of hydrogen-bond acceptors (Lipinski definition) is 10. The summed E-state index contributed by atoms with van der Waals surface area (Å²) in [4.78, 5) is 78.8. The van der Waals surface area contributed by atoms with Gasteiger partial charge >= 0.3 is 5.69 Å². The molecule has 2 N–H and O–H groups in total. The van der Waals surface area contributed by atoms with Gasteiger partial charge in [-0.2, -0.15) is 0 Å². The molecule has 5 aliphatic rings. The summed E-state index contributed by atoms with van der Waals surface area (Å²) in [5.74, 6) is -1.40. The highest BCUT2D eigenvalue weighted by Crippen LogP contribution is 2.39. The van der Waals surface area contributed by atoms with Crippen LogP contribution in [0.1, 0.15) is 103 Å². The van der Waals surface area contributed by atoms with Crippen molar-refractivity contribution in [3.8, 4) is 5.69 Å². The van der Waals surface area contributed by atoms with E-state index in [1.165, 1.54) is 16.7 Å². The molecule has 4 fully saturated rings. The molecule has 0 bridgehead atoms. The van der Waals surface area contributed by atoms with Gasteiger partial charge in [-0.25, -0.2) is 18.6 Å². The molecule has 0 radical (unpaired) electrons. The molecule has 1 saturated carbocycles. The van der Waals surface area contributed by atoms with Gasteiger partial charge in [0.2, 0.25) is 11.8 Å². The fourth-order valence-electron chi connectivity index (χ4n) is 12.0. The quantitative estimate of drug-likeness (QED) is 0.134. The van der Waals surface area contributed by atoms with E-state index in [0.29, 0.717) is 66.2 Å². The van der Waals surface area contributed by atoms with Crippen LogP contribution >= 0.6 is 0 Å². The van der Waals surface area contributed by atoms with Crippen molar-refractivity contribution in [1.29, 1.82) is 0 Å². The number of fused-ring (bicyclic) bond motifs is 2. The molecule has 0 spiro atoms. The number of likely N-dealkylation sites (tertiary alicyclic amines) is 1. The van der Waals surface area contributed by atoms with Crippen molar-refractivity contribution in [2.75, 3.05) is 71.3 Å². The molecule has 2 atom stereocenters. The number of imidazole rings is 1. The van der Waals surface area contributed by atoms with Crippen LogP contribution < -0.4 is 21.9 Å². The third-order valence-electron chi connectivity index (χ3n) is 16.3. The number of nitrogens with zero attached hydrogens (tertiary/aromatic N) is 9. The van der Waals surface area contributed by atoms with Gasteiger partial charge in [0, 0.05) is 156 Å².